The summed E-state index contributed by atoms with van der Waals surface area (Å²) in [6.45, 7) is 1.23. The van der Waals surface area contributed by atoms with Gasteiger partial charge in [-0.15, -0.1) is 11.3 Å². The van der Waals surface area contributed by atoms with E-state index >= 15 is 0 Å². The fourth-order valence-electron chi connectivity index (χ4n) is 4.21. The monoisotopic (exact) mass is 508 g/mol. The molecule has 36 heavy (non-hydrogen) atoms. The minimum Gasteiger partial charge on any atom is -0.349 e. The van der Waals surface area contributed by atoms with Crippen molar-refractivity contribution in [1.29, 1.82) is 0 Å². The molecule has 0 bridgehead atoms. The van der Waals surface area contributed by atoms with Crippen LogP contribution in [0.1, 0.15) is 47.1 Å². The summed E-state index contributed by atoms with van der Waals surface area (Å²) in [4.78, 5) is 45.1. The van der Waals surface area contributed by atoms with Gasteiger partial charge in [0.15, 0.2) is 0 Å². The molecule has 0 radical (unpaired) electrons. The maximum absolute atomic E-state index is 13.3. The Kier molecular flexibility index (Phi) is 8.10. The van der Waals surface area contributed by atoms with E-state index in [1.807, 2.05) is 29.2 Å². The van der Waals surface area contributed by atoms with E-state index in [0.717, 1.165) is 29.0 Å². The SMILES string of the molecule is CN(C)C(=O)CCC(=O)N1CCC(c2nc(C(=O)Nc3ccccc3-c3ccc(F)cc3)cs2)CC1. The molecule has 2 aromatic carbocycles. The summed E-state index contributed by atoms with van der Waals surface area (Å²) in [6.07, 6.45) is 1.99. The average molecular weight is 509 g/mol. The Balaban J connectivity index is 1.35. The lowest BCUT2D eigenvalue weighted by molar-refractivity contribution is -0.136. The second-order valence-corrected chi connectivity index (χ2v) is 9.91. The summed E-state index contributed by atoms with van der Waals surface area (Å²) in [5.74, 6) is -0.472. The zero-order valence-electron chi connectivity index (χ0n) is 20.4. The molecular formula is C27H29FN4O3S. The Morgan fingerprint density at radius 2 is 1.75 bits per heavy atom. The predicted molar refractivity (Wildman–Crippen MR) is 138 cm³/mol. The number of amides is 3. The van der Waals surface area contributed by atoms with Crippen LogP contribution in [0.25, 0.3) is 11.1 Å². The van der Waals surface area contributed by atoms with Crippen molar-refractivity contribution in [2.75, 3.05) is 32.5 Å². The molecule has 9 heteroatoms. The number of rotatable bonds is 7. The highest BCUT2D eigenvalue weighted by atomic mass is 32.1. The van der Waals surface area contributed by atoms with Crippen LogP contribution >= 0.6 is 11.3 Å². The van der Waals surface area contributed by atoms with Crippen molar-refractivity contribution in [2.45, 2.75) is 31.6 Å². The molecule has 1 fully saturated rings. The van der Waals surface area contributed by atoms with Gasteiger partial charge in [-0.25, -0.2) is 9.37 Å². The second kappa shape index (κ2) is 11.4. The van der Waals surface area contributed by atoms with Crippen LogP contribution in [0.15, 0.2) is 53.9 Å². The van der Waals surface area contributed by atoms with Crippen LogP contribution in [0, 0.1) is 5.82 Å². The first-order valence-electron chi connectivity index (χ1n) is 11.9. The molecule has 2 heterocycles. The Morgan fingerprint density at radius 3 is 2.44 bits per heavy atom. The molecule has 1 saturated heterocycles. The number of aromatic nitrogens is 1. The summed E-state index contributed by atoms with van der Waals surface area (Å²) >= 11 is 1.46. The number of thiazole rings is 1. The Hall–Kier alpha value is -3.59. The highest BCUT2D eigenvalue weighted by Gasteiger charge is 2.26. The van der Waals surface area contributed by atoms with E-state index in [1.165, 1.54) is 28.4 Å². The van der Waals surface area contributed by atoms with Gasteiger partial charge in [-0.2, -0.15) is 0 Å². The molecule has 0 aliphatic carbocycles. The first-order valence-corrected chi connectivity index (χ1v) is 12.8. The van der Waals surface area contributed by atoms with Gasteiger partial charge in [0.05, 0.1) is 5.01 Å². The summed E-state index contributed by atoms with van der Waals surface area (Å²) in [5.41, 5.74) is 2.58. The number of carbonyl (C=O) groups is 3. The minimum absolute atomic E-state index is 0.00248. The molecule has 0 atom stereocenters. The molecule has 0 spiro atoms. The van der Waals surface area contributed by atoms with Crippen LogP contribution in [-0.4, -0.2) is 59.7 Å². The smallest absolute Gasteiger partial charge is 0.275 e. The third-order valence-corrected chi connectivity index (χ3v) is 7.34. The van der Waals surface area contributed by atoms with Crippen LogP contribution in [-0.2, 0) is 9.59 Å². The van der Waals surface area contributed by atoms with E-state index in [4.69, 9.17) is 0 Å². The van der Waals surface area contributed by atoms with Crippen molar-refractivity contribution >= 4 is 34.7 Å². The van der Waals surface area contributed by atoms with Crippen LogP contribution in [0.3, 0.4) is 0 Å². The molecular weight excluding hydrogens is 479 g/mol. The molecule has 7 nitrogen and oxygen atoms in total. The highest BCUT2D eigenvalue weighted by molar-refractivity contribution is 7.10. The van der Waals surface area contributed by atoms with Gasteiger partial charge < -0.3 is 15.1 Å². The number of anilines is 1. The van der Waals surface area contributed by atoms with Gasteiger partial charge in [-0.05, 0) is 36.6 Å². The molecule has 1 N–H and O–H groups in total. The Labute approximate surface area is 213 Å². The molecule has 4 rings (SSSR count). The molecule has 188 valence electrons. The van der Waals surface area contributed by atoms with Crippen molar-refractivity contribution in [3.63, 3.8) is 0 Å². The quantitative estimate of drug-likeness (QED) is 0.498. The third kappa shape index (κ3) is 6.15. The Bertz CT molecular complexity index is 1230. The number of nitrogens with zero attached hydrogens (tertiary/aromatic N) is 3. The number of hydrogen-bond donors (Lipinski definition) is 1. The fourth-order valence-corrected chi connectivity index (χ4v) is 5.18. The molecule has 3 aromatic rings. The maximum Gasteiger partial charge on any atom is 0.275 e. The number of hydrogen-bond acceptors (Lipinski definition) is 5. The van der Waals surface area contributed by atoms with Gasteiger partial charge in [-0.1, -0.05) is 30.3 Å². The lowest BCUT2D eigenvalue weighted by atomic mass is 9.97. The lowest BCUT2D eigenvalue weighted by Gasteiger charge is -2.31. The minimum atomic E-state index is -0.315. The zero-order valence-corrected chi connectivity index (χ0v) is 21.2. The van der Waals surface area contributed by atoms with Crippen molar-refractivity contribution < 1.29 is 18.8 Å². The summed E-state index contributed by atoms with van der Waals surface area (Å²) < 4.78 is 13.3. The average Bonchev–Trinajstić information content (AvgIpc) is 3.38. The normalized spacial score (nSPS) is 13.9. The van der Waals surface area contributed by atoms with Gasteiger partial charge in [0.2, 0.25) is 11.8 Å². The van der Waals surface area contributed by atoms with E-state index in [2.05, 4.69) is 10.3 Å². The highest BCUT2D eigenvalue weighted by Crippen LogP contribution is 2.32. The summed E-state index contributed by atoms with van der Waals surface area (Å²) in [6, 6.07) is 13.5. The van der Waals surface area contributed by atoms with Gasteiger partial charge in [0, 0.05) is 62.6 Å². The molecule has 0 saturated carbocycles. The van der Waals surface area contributed by atoms with E-state index < -0.39 is 0 Å². The third-order valence-electron chi connectivity index (χ3n) is 6.33. The number of carbonyl (C=O) groups excluding carboxylic acids is 3. The number of piperidine rings is 1. The van der Waals surface area contributed by atoms with Gasteiger partial charge in [-0.3, -0.25) is 14.4 Å². The predicted octanol–water partition coefficient (Wildman–Crippen LogP) is 4.78. The van der Waals surface area contributed by atoms with Crippen LogP contribution in [0.4, 0.5) is 10.1 Å². The summed E-state index contributed by atoms with van der Waals surface area (Å²) in [5, 5.41) is 5.59. The zero-order chi connectivity index (χ0) is 25.7. The fraction of sp³-hybridized carbons (Fsp3) is 0.333. The van der Waals surface area contributed by atoms with E-state index in [-0.39, 0.29) is 42.3 Å². The molecule has 1 aliphatic rings. The first-order chi connectivity index (χ1) is 17.3. The topological polar surface area (TPSA) is 82.6 Å². The van der Waals surface area contributed by atoms with Crippen molar-refractivity contribution in [3.8, 4) is 11.1 Å². The largest absolute Gasteiger partial charge is 0.349 e. The molecule has 1 aliphatic heterocycles. The van der Waals surface area contributed by atoms with E-state index in [9.17, 15) is 18.8 Å². The Morgan fingerprint density at radius 1 is 1.06 bits per heavy atom. The van der Waals surface area contributed by atoms with Crippen LogP contribution < -0.4 is 5.32 Å². The van der Waals surface area contributed by atoms with Gasteiger partial charge in [0.25, 0.3) is 5.91 Å². The van der Waals surface area contributed by atoms with Crippen LogP contribution in [0.2, 0.25) is 0 Å². The van der Waals surface area contributed by atoms with Crippen molar-refractivity contribution in [2.24, 2.45) is 0 Å². The number of para-hydroxylation sites is 1. The molecule has 1 aromatic heterocycles. The molecule has 3 amide bonds. The number of likely N-dealkylation sites (tertiary alicyclic amines) is 1. The number of nitrogens with one attached hydrogen (secondary N) is 1. The van der Waals surface area contributed by atoms with Gasteiger partial charge in [0.1, 0.15) is 11.5 Å². The van der Waals surface area contributed by atoms with Gasteiger partial charge >= 0.3 is 0 Å². The van der Waals surface area contributed by atoms with Crippen molar-refractivity contribution in [3.05, 3.63) is 70.4 Å². The first kappa shape index (κ1) is 25.5. The lowest BCUT2D eigenvalue weighted by Crippen LogP contribution is -2.38. The van der Waals surface area contributed by atoms with Crippen LogP contribution in [0.5, 0.6) is 0 Å². The summed E-state index contributed by atoms with van der Waals surface area (Å²) in [7, 11) is 3.37. The number of benzene rings is 2. The maximum atomic E-state index is 13.3. The van der Waals surface area contributed by atoms with E-state index in [1.54, 1.807) is 31.6 Å². The standard InChI is InChI=1S/C27H29FN4O3S/c1-31(2)24(33)11-12-25(34)32-15-13-19(14-16-32)27-30-23(17-36-27)26(35)29-22-6-4-3-5-21(22)18-7-9-20(28)10-8-18/h3-10,17,19H,11-16H2,1-2H3,(H,29,35). The molecule has 0 unspecified atom stereocenters. The number of halogens is 1. The van der Waals surface area contributed by atoms with Crippen molar-refractivity contribution in [1.82, 2.24) is 14.8 Å². The van der Waals surface area contributed by atoms with E-state index in [0.29, 0.717) is 24.5 Å². The second-order valence-electron chi connectivity index (χ2n) is 9.02.